The molecule has 0 aliphatic carbocycles. The molecule has 1 aromatic heterocycles. The molecule has 0 spiro atoms. The van der Waals surface area contributed by atoms with Crippen LogP contribution in [0.5, 0.6) is 0 Å². The van der Waals surface area contributed by atoms with Crippen molar-refractivity contribution in [2.75, 3.05) is 6.54 Å². The van der Waals surface area contributed by atoms with Crippen molar-refractivity contribution in [3.63, 3.8) is 0 Å². The molecule has 1 N–H and O–H groups in total. The third-order valence-electron chi connectivity index (χ3n) is 3.10. The van der Waals surface area contributed by atoms with E-state index in [1.807, 2.05) is 33.8 Å². The highest BCUT2D eigenvalue weighted by molar-refractivity contribution is 5.33. The van der Waals surface area contributed by atoms with Crippen LogP contribution in [0.3, 0.4) is 0 Å². The molecule has 1 aromatic rings. The molecule has 1 atom stereocenters. The summed E-state index contributed by atoms with van der Waals surface area (Å²) in [6.45, 7) is 8.19. The maximum atomic E-state index is 12.0. The van der Waals surface area contributed by atoms with Crippen molar-refractivity contribution in [1.82, 2.24) is 10.3 Å². The molecule has 2 nitrogen and oxygen atoms in total. The number of halogens is 3. The first-order valence-corrected chi connectivity index (χ1v) is 6.45. The quantitative estimate of drug-likeness (QED) is 0.821. The van der Waals surface area contributed by atoms with E-state index in [1.54, 1.807) is 0 Å². The summed E-state index contributed by atoms with van der Waals surface area (Å²) in [6.07, 6.45) is -4.70. The number of alkyl halides is 3. The van der Waals surface area contributed by atoms with E-state index in [0.717, 1.165) is 22.5 Å². The Morgan fingerprint density at radius 2 is 1.89 bits per heavy atom. The van der Waals surface area contributed by atoms with Gasteiger partial charge in [0.15, 0.2) is 0 Å². The number of nitrogens with zero attached hydrogens (tertiary/aromatic N) is 1. The summed E-state index contributed by atoms with van der Waals surface area (Å²) in [4.78, 5) is 4.40. The van der Waals surface area contributed by atoms with Crippen molar-refractivity contribution in [2.24, 2.45) is 0 Å². The summed E-state index contributed by atoms with van der Waals surface area (Å²) >= 11 is 0. The van der Waals surface area contributed by atoms with Gasteiger partial charge in [0.1, 0.15) is 0 Å². The molecule has 0 aliphatic heterocycles. The predicted octanol–water partition coefficient (Wildman–Crippen LogP) is 4.00. The van der Waals surface area contributed by atoms with Crippen LogP contribution in [0.2, 0.25) is 0 Å². The first-order valence-electron chi connectivity index (χ1n) is 6.45. The number of nitrogens with one attached hydrogen (secondary N) is 1. The van der Waals surface area contributed by atoms with Gasteiger partial charge in [-0.15, -0.1) is 0 Å². The van der Waals surface area contributed by atoms with Gasteiger partial charge in [0.25, 0.3) is 0 Å². The number of hydrogen-bond acceptors (Lipinski definition) is 2. The Morgan fingerprint density at radius 3 is 2.42 bits per heavy atom. The Morgan fingerprint density at radius 1 is 1.26 bits per heavy atom. The van der Waals surface area contributed by atoms with Crippen LogP contribution >= 0.6 is 0 Å². The number of rotatable bonds is 5. The minimum Gasteiger partial charge on any atom is -0.310 e. The van der Waals surface area contributed by atoms with Gasteiger partial charge in [-0.2, -0.15) is 13.2 Å². The Balaban J connectivity index is 2.57. The third kappa shape index (κ3) is 5.19. The van der Waals surface area contributed by atoms with E-state index in [2.05, 4.69) is 10.3 Å². The molecule has 0 saturated heterocycles. The summed E-state index contributed by atoms with van der Waals surface area (Å²) in [5.41, 5.74) is 4.11. The second-order valence-electron chi connectivity index (χ2n) is 4.97. The zero-order chi connectivity index (χ0) is 14.6. The SMILES string of the molecule is Cc1cc(C)c(C(C)NCCCC(F)(F)F)c(C)n1. The number of pyridine rings is 1. The van der Waals surface area contributed by atoms with Gasteiger partial charge >= 0.3 is 6.18 Å². The highest BCUT2D eigenvalue weighted by Gasteiger charge is 2.26. The highest BCUT2D eigenvalue weighted by Crippen LogP contribution is 2.23. The van der Waals surface area contributed by atoms with E-state index in [1.165, 1.54) is 0 Å². The molecule has 0 fully saturated rings. The highest BCUT2D eigenvalue weighted by atomic mass is 19.4. The van der Waals surface area contributed by atoms with Crippen molar-refractivity contribution in [1.29, 1.82) is 0 Å². The van der Waals surface area contributed by atoms with E-state index in [9.17, 15) is 13.2 Å². The van der Waals surface area contributed by atoms with Crippen molar-refractivity contribution in [3.05, 3.63) is 28.6 Å². The van der Waals surface area contributed by atoms with E-state index >= 15 is 0 Å². The molecule has 1 unspecified atom stereocenters. The fraction of sp³-hybridized carbons (Fsp3) is 0.643. The van der Waals surface area contributed by atoms with Gasteiger partial charge in [-0.3, -0.25) is 4.98 Å². The first kappa shape index (κ1) is 16.0. The smallest absolute Gasteiger partial charge is 0.310 e. The average Bonchev–Trinajstić information content (AvgIpc) is 2.21. The van der Waals surface area contributed by atoms with Gasteiger partial charge < -0.3 is 5.32 Å². The largest absolute Gasteiger partial charge is 0.389 e. The maximum absolute atomic E-state index is 12.0. The van der Waals surface area contributed by atoms with E-state index < -0.39 is 12.6 Å². The molecule has 0 radical (unpaired) electrons. The van der Waals surface area contributed by atoms with Crippen molar-refractivity contribution in [3.8, 4) is 0 Å². The van der Waals surface area contributed by atoms with Crippen molar-refractivity contribution in [2.45, 2.75) is 52.8 Å². The second kappa shape index (κ2) is 6.37. The Bertz CT molecular complexity index is 404. The molecule has 0 bridgehead atoms. The molecule has 0 amide bonds. The lowest BCUT2D eigenvalue weighted by molar-refractivity contribution is -0.135. The minimum absolute atomic E-state index is 0.0151. The fourth-order valence-corrected chi connectivity index (χ4v) is 2.40. The molecule has 0 aliphatic rings. The molecule has 5 heteroatoms. The van der Waals surface area contributed by atoms with Gasteiger partial charge in [-0.05, 0) is 57.9 Å². The zero-order valence-corrected chi connectivity index (χ0v) is 11.9. The topological polar surface area (TPSA) is 24.9 Å². The van der Waals surface area contributed by atoms with Gasteiger partial charge in [0.05, 0.1) is 0 Å². The van der Waals surface area contributed by atoms with Crippen LogP contribution in [0.25, 0.3) is 0 Å². The maximum Gasteiger partial charge on any atom is 0.389 e. The molecule has 0 saturated carbocycles. The number of hydrogen-bond donors (Lipinski definition) is 1. The Kier molecular flexibility index (Phi) is 5.35. The molecular weight excluding hydrogens is 253 g/mol. The van der Waals surface area contributed by atoms with Gasteiger partial charge in [0, 0.05) is 23.9 Å². The summed E-state index contributed by atoms with van der Waals surface area (Å²) in [5.74, 6) is 0. The van der Waals surface area contributed by atoms with Crippen LogP contribution in [0, 0.1) is 20.8 Å². The molecule has 19 heavy (non-hydrogen) atoms. The Hall–Kier alpha value is -1.10. The zero-order valence-electron chi connectivity index (χ0n) is 11.9. The van der Waals surface area contributed by atoms with Crippen molar-refractivity contribution >= 4 is 0 Å². The normalized spacial score (nSPS) is 13.6. The predicted molar refractivity (Wildman–Crippen MR) is 70.2 cm³/mol. The van der Waals surface area contributed by atoms with Crippen molar-refractivity contribution < 1.29 is 13.2 Å². The monoisotopic (exact) mass is 274 g/mol. The minimum atomic E-state index is -4.07. The van der Waals surface area contributed by atoms with Crippen LogP contribution in [-0.4, -0.2) is 17.7 Å². The average molecular weight is 274 g/mol. The Labute approximate surface area is 112 Å². The molecule has 1 heterocycles. The lowest BCUT2D eigenvalue weighted by Gasteiger charge is -2.19. The van der Waals surface area contributed by atoms with Crippen LogP contribution in [-0.2, 0) is 0 Å². The molecule has 108 valence electrons. The third-order valence-corrected chi connectivity index (χ3v) is 3.10. The van der Waals surface area contributed by atoms with E-state index in [4.69, 9.17) is 0 Å². The van der Waals surface area contributed by atoms with Gasteiger partial charge in [-0.1, -0.05) is 0 Å². The second-order valence-corrected chi connectivity index (χ2v) is 4.97. The summed E-state index contributed by atoms with van der Waals surface area (Å²) in [7, 11) is 0. The lowest BCUT2D eigenvalue weighted by Crippen LogP contribution is -2.23. The molecule has 1 rings (SSSR count). The van der Waals surface area contributed by atoms with Crippen LogP contribution in [0.15, 0.2) is 6.07 Å². The van der Waals surface area contributed by atoms with Crippen LogP contribution in [0.1, 0.15) is 48.3 Å². The number of aryl methyl sites for hydroxylation is 3. The standard InChI is InChI=1S/C14H21F3N2/c1-9-8-10(2)19-12(4)13(9)11(3)18-7-5-6-14(15,16)17/h8,11,18H,5-7H2,1-4H3. The molecular formula is C14H21F3N2. The fourth-order valence-electron chi connectivity index (χ4n) is 2.40. The van der Waals surface area contributed by atoms with E-state index in [0.29, 0.717) is 6.54 Å². The van der Waals surface area contributed by atoms with Crippen LogP contribution < -0.4 is 5.32 Å². The summed E-state index contributed by atoms with van der Waals surface area (Å²) < 4.78 is 36.1. The van der Waals surface area contributed by atoms with Crippen LogP contribution in [0.4, 0.5) is 13.2 Å². The summed E-state index contributed by atoms with van der Waals surface area (Å²) in [5, 5.41) is 3.13. The first-order chi connectivity index (χ1) is 8.70. The number of aromatic nitrogens is 1. The van der Waals surface area contributed by atoms with E-state index in [-0.39, 0.29) is 12.5 Å². The lowest BCUT2D eigenvalue weighted by atomic mass is 10.0. The molecule has 0 aromatic carbocycles. The van der Waals surface area contributed by atoms with Gasteiger partial charge in [0.2, 0.25) is 0 Å². The van der Waals surface area contributed by atoms with Gasteiger partial charge in [-0.25, -0.2) is 0 Å². The summed E-state index contributed by atoms with van der Waals surface area (Å²) in [6, 6.07) is 2.01.